The predicted molar refractivity (Wildman–Crippen MR) is 292 cm³/mol. The van der Waals surface area contributed by atoms with Crippen molar-refractivity contribution in [2.24, 2.45) is 0 Å². The summed E-state index contributed by atoms with van der Waals surface area (Å²) in [5, 5.41) is 23.0. The largest absolute Gasteiger partial charge is 0.480 e. The van der Waals surface area contributed by atoms with Gasteiger partial charge >= 0.3 is 19.8 Å². The highest BCUT2D eigenvalue weighted by Gasteiger charge is 2.31. The van der Waals surface area contributed by atoms with Crippen LogP contribution in [0.3, 0.4) is 0 Å². The summed E-state index contributed by atoms with van der Waals surface area (Å²) in [6.07, 6.45) is 35.9. The van der Waals surface area contributed by atoms with Crippen molar-refractivity contribution in [1.29, 1.82) is 0 Å². The number of carbonyl (C=O) groups is 3. The third-order valence-electron chi connectivity index (χ3n) is 13.6. The second-order valence-electron chi connectivity index (χ2n) is 20.6. The van der Waals surface area contributed by atoms with Gasteiger partial charge in [-0.25, -0.2) is 9.36 Å². The Kier molecular flexibility index (Phi) is 49.9. The summed E-state index contributed by atoms with van der Waals surface area (Å²) in [4.78, 5) is 58.4. The molecule has 1 amide bonds. The Labute approximate surface area is 445 Å². The Hall–Kier alpha value is -1.68. The van der Waals surface area contributed by atoms with Crippen LogP contribution < -0.4 is 5.32 Å². The van der Waals surface area contributed by atoms with E-state index in [0.717, 1.165) is 77.0 Å². The fourth-order valence-corrected chi connectivity index (χ4v) is 9.55. The maximum Gasteiger partial charge on any atom is 0.469 e. The number of carbonyl (C=O) groups excluding carboxylic acids is 2. The van der Waals surface area contributed by atoms with E-state index < -0.39 is 70.0 Å². The number of amides is 1. The van der Waals surface area contributed by atoms with Gasteiger partial charge < -0.3 is 49.0 Å². The molecule has 0 fully saturated rings. The van der Waals surface area contributed by atoms with Gasteiger partial charge in [0.15, 0.2) is 12.3 Å². The monoisotopic (exact) mass is 1070 g/mol. The first-order valence-electron chi connectivity index (χ1n) is 29.8. The van der Waals surface area contributed by atoms with Crippen LogP contribution in [0.25, 0.3) is 0 Å². The number of nitrogens with one attached hydrogen (secondary N) is 1. The number of ether oxygens (including phenoxy) is 5. The lowest BCUT2D eigenvalue weighted by Gasteiger charge is -2.28. The lowest BCUT2D eigenvalue weighted by Crippen LogP contribution is -2.47. The fourth-order valence-electron chi connectivity index (χ4n) is 8.98. The molecular formula is C57H112NO14P. The molecule has 16 heteroatoms. The summed E-state index contributed by atoms with van der Waals surface area (Å²) in [7, 11) is -5.00. The predicted octanol–water partition coefficient (Wildman–Crippen LogP) is 14.0. The highest BCUT2D eigenvalue weighted by Crippen LogP contribution is 2.38. The molecular weight excluding hydrogens is 954 g/mol. The lowest BCUT2D eigenvalue weighted by atomic mass is 10.0. The first-order valence-corrected chi connectivity index (χ1v) is 31.4. The van der Waals surface area contributed by atoms with Crippen LogP contribution >= 0.6 is 7.82 Å². The number of esters is 1. The summed E-state index contributed by atoms with van der Waals surface area (Å²) in [5.41, 5.74) is 0. The van der Waals surface area contributed by atoms with Crippen molar-refractivity contribution in [3.8, 4) is 0 Å². The first-order chi connectivity index (χ1) is 35.3. The maximum absolute atomic E-state index is 13.5. The van der Waals surface area contributed by atoms with Crippen LogP contribution in [0.4, 0.5) is 0 Å². The van der Waals surface area contributed by atoms with Crippen LogP contribution in [-0.4, -0.2) is 108 Å². The van der Waals surface area contributed by atoms with Crippen molar-refractivity contribution in [3.05, 3.63) is 0 Å². The minimum Gasteiger partial charge on any atom is -0.480 e. The Balaban J connectivity index is 5.79. The average Bonchev–Trinajstić information content (AvgIpc) is 3.35. The zero-order valence-corrected chi connectivity index (χ0v) is 48.1. The molecule has 6 atom stereocenters. The molecule has 0 aromatic heterocycles. The molecule has 0 saturated heterocycles. The molecule has 0 aliphatic carbocycles. The number of phosphoric ester groups is 1. The van der Waals surface area contributed by atoms with E-state index in [4.69, 9.17) is 28.2 Å². The Bertz CT molecular complexity index is 1260. The first kappa shape index (κ1) is 71.3. The summed E-state index contributed by atoms with van der Waals surface area (Å²) < 4.78 is 46.3. The molecule has 0 spiro atoms. The molecule has 0 heterocycles. The zero-order chi connectivity index (χ0) is 54.1. The molecule has 0 aromatic rings. The third-order valence-corrected chi connectivity index (χ3v) is 14.2. The Morgan fingerprint density at radius 2 is 0.877 bits per heavy atom. The molecule has 0 aromatic carbocycles. The summed E-state index contributed by atoms with van der Waals surface area (Å²) >= 11 is 0. The number of unbranched alkanes of at least 4 members (excludes halogenated alkanes) is 30. The molecule has 73 heavy (non-hydrogen) atoms. The van der Waals surface area contributed by atoms with Gasteiger partial charge in [0.2, 0.25) is 5.91 Å². The number of aliphatic hydroxyl groups excluding tert-OH is 1. The highest BCUT2D eigenvalue weighted by molar-refractivity contribution is 7.46. The van der Waals surface area contributed by atoms with Gasteiger partial charge in [-0.15, -0.1) is 0 Å². The van der Waals surface area contributed by atoms with E-state index >= 15 is 0 Å². The fraction of sp³-hybridized carbons (Fsp3) is 0.947. The van der Waals surface area contributed by atoms with Gasteiger partial charge in [0, 0.05) is 13.2 Å². The quantitative estimate of drug-likeness (QED) is 0.0166. The van der Waals surface area contributed by atoms with Crippen molar-refractivity contribution >= 4 is 25.7 Å². The van der Waals surface area contributed by atoms with Crippen LogP contribution in [0.1, 0.15) is 279 Å². The number of aliphatic hydroxyl groups is 1. The standard InChI is InChI=1S/C57H112NO14P/c1-6-10-14-18-22-26-28-32-36-40-50(67-42-38-34-30-24-20-16-12-8-3)44-54(60)58-52(57(62)63)47-70-56(71-53(46-59)49(5)72-73(64,65)66)48-69-55(61)45-51(41-37-33-29-27-23-19-15-11-7-2)68-43-39-35-31-25-21-17-13-9-4/h49-53,56,59H,6-48H2,1-5H3,(H,58,60)(H,62,63)(H2,64,65,66)/t49-,50+,51+,52-,53?,56+/m0/s1. The van der Waals surface area contributed by atoms with Gasteiger partial charge in [0.1, 0.15) is 12.7 Å². The number of rotatable bonds is 57. The summed E-state index contributed by atoms with van der Waals surface area (Å²) in [6.45, 7) is 9.27. The smallest absolute Gasteiger partial charge is 0.469 e. The summed E-state index contributed by atoms with van der Waals surface area (Å²) in [6, 6.07) is -1.53. The number of hydrogen-bond acceptors (Lipinski definition) is 11. The molecule has 0 bridgehead atoms. The Morgan fingerprint density at radius 1 is 0.507 bits per heavy atom. The van der Waals surface area contributed by atoms with Crippen LogP contribution in [-0.2, 0) is 47.2 Å². The van der Waals surface area contributed by atoms with Crippen molar-refractivity contribution < 1.29 is 67.2 Å². The molecule has 0 aliphatic rings. The maximum atomic E-state index is 13.5. The van der Waals surface area contributed by atoms with Gasteiger partial charge in [-0.05, 0) is 32.6 Å². The molecule has 5 N–H and O–H groups in total. The van der Waals surface area contributed by atoms with Crippen LogP contribution in [0.15, 0.2) is 0 Å². The van der Waals surface area contributed by atoms with E-state index in [1.54, 1.807) is 0 Å². The van der Waals surface area contributed by atoms with E-state index in [9.17, 15) is 38.9 Å². The van der Waals surface area contributed by atoms with Crippen LogP contribution in [0.5, 0.6) is 0 Å². The normalized spacial score (nSPS) is 14.4. The van der Waals surface area contributed by atoms with E-state index in [-0.39, 0.29) is 25.0 Å². The van der Waals surface area contributed by atoms with Crippen molar-refractivity contribution in [3.63, 3.8) is 0 Å². The number of carboxylic acid groups (broad SMARTS) is 1. The number of phosphoric acid groups is 1. The van der Waals surface area contributed by atoms with E-state index in [0.29, 0.717) is 26.1 Å². The minimum absolute atomic E-state index is 0.0273. The van der Waals surface area contributed by atoms with Gasteiger partial charge in [0.25, 0.3) is 0 Å². The van der Waals surface area contributed by atoms with Gasteiger partial charge in [-0.2, -0.15) is 0 Å². The summed E-state index contributed by atoms with van der Waals surface area (Å²) in [5.74, 6) is -2.48. The lowest BCUT2D eigenvalue weighted by molar-refractivity contribution is -0.220. The molecule has 0 saturated carbocycles. The van der Waals surface area contributed by atoms with Gasteiger partial charge in [0.05, 0.1) is 44.4 Å². The van der Waals surface area contributed by atoms with E-state index in [1.807, 2.05) is 0 Å². The topological polar surface area (TPSA) is 217 Å². The molecule has 0 aliphatic heterocycles. The van der Waals surface area contributed by atoms with Crippen molar-refractivity contribution in [2.45, 2.75) is 315 Å². The van der Waals surface area contributed by atoms with Gasteiger partial charge in [-0.3, -0.25) is 14.1 Å². The zero-order valence-electron chi connectivity index (χ0n) is 47.2. The Morgan fingerprint density at radius 3 is 1.25 bits per heavy atom. The molecule has 0 radical (unpaired) electrons. The van der Waals surface area contributed by atoms with Crippen molar-refractivity contribution in [1.82, 2.24) is 5.32 Å². The van der Waals surface area contributed by atoms with Crippen LogP contribution in [0.2, 0.25) is 0 Å². The number of carboxylic acids is 1. The molecule has 0 rings (SSSR count). The second-order valence-corrected chi connectivity index (χ2v) is 21.8. The van der Waals surface area contributed by atoms with E-state index in [2.05, 4.69) is 33.0 Å². The van der Waals surface area contributed by atoms with Crippen LogP contribution in [0, 0.1) is 0 Å². The average molecular weight is 1070 g/mol. The number of hydrogen-bond donors (Lipinski definition) is 5. The van der Waals surface area contributed by atoms with Crippen molar-refractivity contribution in [2.75, 3.05) is 33.0 Å². The molecule has 1 unspecified atom stereocenters. The minimum atomic E-state index is -5.00. The molecule has 15 nitrogen and oxygen atoms in total. The van der Waals surface area contributed by atoms with E-state index in [1.165, 1.54) is 148 Å². The highest BCUT2D eigenvalue weighted by atomic mass is 31.2. The van der Waals surface area contributed by atoms with Gasteiger partial charge in [-0.1, -0.05) is 233 Å². The second kappa shape index (κ2) is 51.1. The molecule has 434 valence electrons. The SMILES string of the molecule is CCCCCCCCCCC[C@H](CC(=O)N[C@@H](CO[C@@H](COC(=O)C[C@@H](CCCCCCCCCCC)OCCCCCCCCCC)OC(CO)[C@H](C)OP(=O)(O)O)C(=O)O)OCCCCCCCCCC. The third kappa shape index (κ3) is 47.3. The number of aliphatic carboxylic acids is 1.